The molecule has 0 saturated carbocycles. The first kappa shape index (κ1) is 55.5. The van der Waals surface area contributed by atoms with E-state index in [1.54, 1.807) is 32.9 Å². The van der Waals surface area contributed by atoms with Crippen molar-refractivity contribution in [3.05, 3.63) is 144 Å². The molecule has 0 aliphatic rings. The first-order valence-electron chi connectivity index (χ1n) is 16.4. The van der Waals surface area contributed by atoms with E-state index < -0.39 is 9.85 Å². The van der Waals surface area contributed by atoms with Crippen LogP contribution in [0.15, 0.2) is 86.4 Å². The number of hydrogen-bond donors (Lipinski definition) is 2. The Morgan fingerprint density at radius 1 is 0.695 bits per heavy atom. The number of aromatic nitrogens is 3. The third kappa shape index (κ3) is 21.5. The summed E-state index contributed by atoms with van der Waals surface area (Å²) in [6.45, 7) is 11.4. The van der Waals surface area contributed by atoms with Crippen LogP contribution in [0, 0.1) is 61.8 Å². The summed E-state index contributed by atoms with van der Waals surface area (Å²) in [5, 5.41) is 50.3. The monoisotopic (exact) mass is 934 g/mol. The molecule has 0 amide bonds. The number of halogens is 1. The van der Waals surface area contributed by atoms with Crippen LogP contribution in [0.1, 0.15) is 52.5 Å². The van der Waals surface area contributed by atoms with Crippen LogP contribution in [0.3, 0.4) is 0 Å². The number of benzene rings is 3. The molecule has 0 fully saturated rings. The van der Waals surface area contributed by atoms with Gasteiger partial charge in [-0.15, -0.1) is 0 Å². The number of nitrogen functional groups attached to an aromatic ring is 1. The number of carbonyl (C=O) groups excluding carboxylic acids is 1. The van der Waals surface area contributed by atoms with Crippen LogP contribution in [-0.2, 0) is 28.2 Å². The van der Waals surface area contributed by atoms with Crippen molar-refractivity contribution in [1.82, 2.24) is 15.5 Å². The molecule has 3 aromatic carbocycles. The number of alkyl halides is 1. The van der Waals surface area contributed by atoms with Crippen molar-refractivity contribution in [2.45, 2.75) is 60.1 Å². The van der Waals surface area contributed by atoms with Gasteiger partial charge in [0.15, 0.2) is 0 Å². The van der Waals surface area contributed by atoms with Crippen molar-refractivity contribution >= 4 is 39.5 Å². The summed E-state index contributed by atoms with van der Waals surface area (Å²) in [6.07, 6.45) is 0. The Bertz CT molecular complexity index is 2200. The van der Waals surface area contributed by atoms with Gasteiger partial charge in [0, 0.05) is 53.5 Å². The number of hydrogen-bond acceptors (Lipinski definition) is 17. The molecule has 0 saturated heterocycles. The predicted molar refractivity (Wildman–Crippen MR) is 206 cm³/mol. The zero-order valence-electron chi connectivity index (χ0n) is 34.7. The number of anilines is 1. The third-order valence-electron chi connectivity index (χ3n) is 6.92. The van der Waals surface area contributed by atoms with Gasteiger partial charge in [0.05, 0.1) is 15.5 Å². The molecule has 0 aliphatic heterocycles. The molecule has 22 heteroatoms. The minimum absolute atomic E-state index is 0. The van der Waals surface area contributed by atoms with E-state index in [1.165, 1.54) is 30.3 Å². The van der Waals surface area contributed by atoms with Gasteiger partial charge in [-0.05, 0) is 88.6 Å². The SMILES string of the molecule is Cc1cc(CBr)no1.Cc1cc(COc2ccc(N)cc2C)no1.Cc1cc(COc2ccc([N+](=O)[O-])cc2C)no1.Cc1cc([N+](=O)[O-])ccc1O.O=CO[O-].[H-].[K+].[K+]. The maximum absolute atomic E-state index is 10.6. The van der Waals surface area contributed by atoms with Crippen LogP contribution in [0.5, 0.6) is 17.2 Å². The first-order chi connectivity index (χ1) is 27.1. The van der Waals surface area contributed by atoms with E-state index in [1.807, 2.05) is 51.1 Å². The molecule has 0 radical (unpaired) electrons. The summed E-state index contributed by atoms with van der Waals surface area (Å²) in [4.78, 5) is 31.1. The number of nitrogens with two attached hydrogens (primary N) is 1. The molecular formula is C37H41BrK2N6O13. The Morgan fingerprint density at radius 3 is 1.41 bits per heavy atom. The summed E-state index contributed by atoms with van der Waals surface area (Å²) >= 11 is 3.25. The molecule has 3 heterocycles. The maximum Gasteiger partial charge on any atom is 1.00 e. The molecule has 6 aromatic rings. The number of non-ortho nitro benzene ring substituents is 2. The van der Waals surface area contributed by atoms with E-state index in [9.17, 15) is 20.2 Å². The molecule has 19 nitrogen and oxygen atoms in total. The normalized spacial score (nSPS) is 9.42. The summed E-state index contributed by atoms with van der Waals surface area (Å²) < 4.78 is 25.8. The summed E-state index contributed by atoms with van der Waals surface area (Å²) in [5.74, 6) is 3.85. The number of phenols is 1. The first-order valence-corrected chi connectivity index (χ1v) is 17.5. The number of aryl methyl sites for hydroxylation is 6. The molecule has 3 N–H and O–H groups in total. The third-order valence-corrected chi connectivity index (χ3v) is 7.49. The molecule has 306 valence electrons. The number of carbonyl (C=O) groups is 1. The van der Waals surface area contributed by atoms with Gasteiger partial charge in [-0.2, -0.15) is 0 Å². The van der Waals surface area contributed by atoms with E-state index in [-0.39, 0.29) is 134 Å². The minimum Gasteiger partial charge on any atom is -1.00 e. The van der Waals surface area contributed by atoms with Crippen LogP contribution in [0.4, 0.5) is 17.1 Å². The van der Waals surface area contributed by atoms with E-state index in [2.05, 4.69) is 36.3 Å². The van der Waals surface area contributed by atoms with E-state index >= 15 is 0 Å². The smallest absolute Gasteiger partial charge is 1.00 e. The standard InChI is InChI=1S/C12H12N2O4.C12H14N2O2.C7H7NO3.C5H6BrNO.CH2O3.2K.H/c1-8-5-11(14(15)16)3-4-12(8)17-7-10-6-9(2)18-13-10;1-8-5-10(13)3-4-12(8)15-7-11-6-9(2)16-14-11;1-5-4-6(8(10)11)2-3-7(5)9;1-4-2-5(3-6)7-8-4;2-1-4-3;;;/h3-6H,7H2,1-2H3;3-6H,7,13H2,1-2H3;2-4,9H,1H3;2H,3H2,1H3;1,3H;;;/q;;;;;2*+1;-1/p-1. The van der Waals surface area contributed by atoms with Gasteiger partial charge in [0.25, 0.3) is 17.8 Å². The predicted octanol–water partition coefficient (Wildman–Crippen LogP) is 1.27. The van der Waals surface area contributed by atoms with Crippen molar-refractivity contribution in [2.24, 2.45) is 0 Å². The van der Waals surface area contributed by atoms with Gasteiger partial charge in [-0.1, -0.05) is 31.4 Å². The van der Waals surface area contributed by atoms with Crippen LogP contribution >= 0.6 is 15.9 Å². The summed E-state index contributed by atoms with van der Waals surface area (Å²) in [7, 11) is 0. The average Bonchev–Trinajstić information content (AvgIpc) is 3.93. The summed E-state index contributed by atoms with van der Waals surface area (Å²) in [5.41, 5.74) is 11.1. The number of nitrogens with zero attached hydrogens (tertiary/aromatic N) is 5. The van der Waals surface area contributed by atoms with Crippen molar-refractivity contribution in [3.63, 3.8) is 0 Å². The largest absolute Gasteiger partial charge is 1.00 e. The van der Waals surface area contributed by atoms with Crippen molar-refractivity contribution in [1.29, 1.82) is 0 Å². The summed E-state index contributed by atoms with van der Waals surface area (Å²) in [6, 6.07) is 19.5. The number of rotatable bonds is 10. The fourth-order valence-electron chi connectivity index (χ4n) is 4.25. The molecule has 0 bridgehead atoms. The second-order valence-corrected chi connectivity index (χ2v) is 12.2. The number of phenolic OH excluding ortho intramolecular Hbond substituents is 1. The molecule has 3 aromatic heterocycles. The molecule has 59 heavy (non-hydrogen) atoms. The van der Waals surface area contributed by atoms with Gasteiger partial charge in [0.2, 0.25) is 0 Å². The van der Waals surface area contributed by atoms with Crippen molar-refractivity contribution in [2.75, 3.05) is 5.73 Å². The number of aromatic hydroxyl groups is 1. The Kier molecular flexibility index (Phi) is 27.9. The Morgan fingerprint density at radius 2 is 1.08 bits per heavy atom. The Labute approximate surface area is 433 Å². The Hall–Kier alpha value is -3.53. The molecule has 0 aliphatic carbocycles. The topological polar surface area (TPSA) is 278 Å². The zero-order valence-corrected chi connectivity index (χ0v) is 41.5. The maximum atomic E-state index is 10.6. The molecule has 0 unspecified atom stereocenters. The van der Waals surface area contributed by atoms with Crippen LogP contribution in [-0.4, -0.2) is 36.9 Å². The number of nitro groups is 2. The fraction of sp³-hybridized carbons (Fsp3) is 0.243. The van der Waals surface area contributed by atoms with Crippen molar-refractivity contribution < 1.29 is 157 Å². The second-order valence-electron chi connectivity index (χ2n) is 11.6. The average molecular weight is 936 g/mol. The van der Waals surface area contributed by atoms with Gasteiger partial charge in [-0.3, -0.25) is 25.0 Å². The number of nitro benzene ring substituents is 2. The van der Waals surface area contributed by atoms with Crippen LogP contribution < -0.4 is 123 Å². The van der Waals surface area contributed by atoms with E-state index in [0.29, 0.717) is 34.9 Å². The molecule has 0 atom stereocenters. The van der Waals surface area contributed by atoms with E-state index in [4.69, 9.17) is 43.9 Å². The van der Waals surface area contributed by atoms with Crippen LogP contribution in [0.25, 0.3) is 0 Å². The van der Waals surface area contributed by atoms with E-state index in [0.717, 1.165) is 45.2 Å². The molecule has 0 spiro atoms. The molecule has 6 rings (SSSR count). The zero-order chi connectivity index (χ0) is 42.5. The van der Waals surface area contributed by atoms with Gasteiger partial charge in [0.1, 0.15) is 59.1 Å². The Balaban J connectivity index is 0. The number of ether oxygens (including phenoxy) is 2. The quantitative estimate of drug-likeness (QED) is 0.0372. The van der Waals surface area contributed by atoms with Gasteiger partial charge < -0.3 is 45.5 Å². The van der Waals surface area contributed by atoms with Gasteiger partial charge in [-0.25, -0.2) is 0 Å². The second kappa shape index (κ2) is 29.7. The minimum atomic E-state index is -0.494. The fourth-order valence-corrected chi connectivity index (χ4v) is 4.52. The van der Waals surface area contributed by atoms with Crippen molar-refractivity contribution in [3.8, 4) is 17.2 Å². The molecular weight excluding hydrogens is 895 g/mol. The van der Waals surface area contributed by atoms with Crippen LogP contribution in [0.2, 0.25) is 0 Å². The van der Waals surface area contributed by atoms with Gasteiger partial charge >= 0.3 is 103 Å².